The summed E-state index contributed by atoms with van der Waals surface area (Å²) in [5.74, 6) is -0.319. The summed E-state index contributed by atoms with van der Waals surface area (Å²) >= 11 is 0. The lowest BCUT2D eigenvalue weighted by atomic mass is 9.98. The molecule has 8 heteroatoms. The van der Waals surface area contributed by atoms with E-state index >= 15 is 0 Å². The molecule has 0 spiro atoms. The Hall–Kier alpha value is -1.24. The summed E-state index contributed by atoms with van der Waals surface area (Å²) in [5.41, 5.74) is 2.07. The molecule has 4 N–H and O–H groups in total. The highest BCUT2D eigenvalue weighted by Gasteiger charge is 2.19. The molecule has 0 aliphatic heterocycles. The second-order valence-corrected chi connectivity index (χ2v) is 8.29. The van der Waals surface area contributed by atoms with E-state index in [4.69, 9.17) is 9.79 Å². The van der Waals surface area contributed by atoms with Crippen molar-refractivity contribution in [2.24, 2.45) is 0 Å². The predicted octanol–water partition coefficient (Wildman–Crippen LogP) is 3.11. The fourth-order valence-electron chi connectivity index (χ4n) is 3.03. The molecule has 1 amide bonds. The van der Waals surface area contributed by atoms with Crippen LogP contribution < -0.4 is 5.32 Å². The summed E-state index contributed by atoms with van der Waals surface area (Å²) in [7, 11) is -4.64. The number of phosphoric acid groups is 1. The van der Waals surface area contributed by atoms with E-state index in [9.17, 15) is 14.5 Å². The molecule has 1 aromatic rings. The molecule has 160 valence electrons. The van der Waals surface area contributed by atoms with E-state index in [0.29, 0.717) is 0 Å². The van der Waals surface area contributed by atoms with Crippen molar-refractivity contribution in [1.82, 2.24) is 5.32 Å². The minimum absolute atomic E-state index is 0.152. The van der Waals surface area contributed by atoms with Gasteiger partial charge in [-0.2, -0.15) is 0 Å². The molecule has 0 aliphatic carbocycles. The van der Waals surface area contributed by atoms with Gasteiger partial charge in [-0.05, 0) is 24.0 Å². The highest BCUT2D eigenvalue weighted by Crippen LogP contribution is 2.35. The van der Waals surface area contributed by atoms with Crippen molar-refractivity contribution >= 4 is 13.7 Å². The fourth-order valence-corrected chi connectivity index (χ4v) is 3.40. The molecule has 0 unspecified atom stereocenters. The van der Waals surface area contributed by atoms with E-state index in [1.807, 2.05) is 24.3 Å². The average molecular weight is 415 g/mol. The molecular formula is C20H34NO6P. The van der Waals surface area contributed by atoms with Gasteiger partial charge in [-0.15, -0.1) is 0 Å². The van der Waals surface area contributed by atoms with E-state index in [2.05, 4.69) is 16.8 Å². The van der Waals surface area contributed by atoms with Crippen molar-refractivity contribution in [3.05, 3.63) is 35.4 Å². The Bertz CT molecular complexity index is 618. The topological polar surface area (TPSA) is 116 Å². The van der Waals surface area contributed by atoms with E-state index in [1.54, 1.807) is 0 Å². The molecule has 1 aromatic carbocycles. The minimum Gasteiger partial charge on any atom is -0.394 e. The third-order valence-corrected chi connectivity index (χ3v) is 5.03. The number of aliphatic hydroxyl groups is 1. The second kappa shape index (κ2) is 13.9. The van der Waals surface area contributed by atoms with Gasteiger partial charge in [-0.25, -0.2) is 4.57 Å². The van der Waals surface area contributed by atoms with E-state index in [0.717, 1.165) is 24.0 Å². The predicted molar refractivity (Wildman–Crippen MR) is 109 cm³/mol. The average Bonchev–Trinajstić information content (AvgIpc) is 2.65. The second-order valence-electron chi connectivity index (χ2n) is 7.05. The summed E-state index contributed by atoms with van der Waals surface area (Å²) in [6.45, 7) is 1.29. The van der Waals surface area contributed by atoms with Crippen LogP contribution in [0.5, 0.6) is 0 Å². The monoisotopic (exact) mass is 415 g/mol. The van der Waals surface area contributed by atoms with Gasteiger partial charge in [0.05, 0.1) is 25.7 Å². The first-order chi connectivity index (χ1) is 13.4. The number of aryl methyl sites for hydroxylation is 1. The van der Waals surface area contributed by atoms with Crippen molar-refractivity contribution in [2.45, 2.75) is 70.8 Å². The van der Waals surface area contributed by atoms with Crippen molar-refractivity contribution in [2.75, 3.05) is 13.2 Å². The van der Waals surface area contributed by atoms with Gasteiger partial charge < -0.3 is 20.2 Å². The van der Waals surface area contributed by atoms with E-state index < -0.39 is 27.1 Å². The van der Waals surface area contributed by atoms with Crippen LogP contribution in [-0.2, 0) is 26.7 Å². The maximum atomic E-state index is 12.3. The maximum Gasteiger partial charge on any atom is 0.469 e. The largest absolute Gasteiger partial charge is 0.469 e. The Balaban J connectivity index is 2.45. The van der Waals surface area contributed by atoms with Gasteiger partial charge >= 0.3 is 7.82 Å². The Morgan fingerprint density at radius 2 is 1.68 bits per heavy atom. The molecule has 0 saturated carbocycles. The van der Waals surface area contributed by atoms with Crippen LogP contribution in [0.25, 0.3) is 0 Å². The van der Waals surface area contributed by atoms with Gasteiger partial charge in [0.1, 0.15) is 0 Å². The maximum absolute atomic E-state index is 12.3. The standard InChI is InChI=1S/C20H34NO6P/c1-2-3-4-5-6-7-8-11-17-12-9-10-13-18(17)14-20(23)21-19(15-22)16-27-28(24,25)26/h9-10,12-13,19,22H,2-8,11,14-16H2,1H3,(H,21,23)(H2,24,25,26)/t19-/m1/s1. The van der Waals surface area contributed by atoms with Gasteiger partial charge in [0.25, 0.3) is 0 Å². The Morgan fingerprint density at radius 3 is 2.29 bits per heavy atom. The van der Waals surface area contributed by atoms with Crippen LogP contribution >= 0.6 is 7.82 Å². The number of phosphoric ester groups is 1. The number of carbonyl (C=O) groups excluding carboxylic acids is 1. The molecule has 0 aliphatic rings. The Kier molecular flexibility index (Phi) is 12.3. The Labute approximate surface area is 167 Å². The molecular weight excluding hydrogens is 381 g/mol. The highest BCUT2D eigenvalue weighted by atomic mass is 31.2. The molecule has 0 bridgehead atoms. The molecule has 1 rings (SSSR count). The summed E-state index contributed by atoms with van der Waals surface area (Å²) < 4.78 is 15.1. The zero-order valence-corrected chi connectivity index (χ0v) is 17.6. The number of hydrogen-bond acceptors (Lipinski definition) is 4. The Morgan fingerprint density at radius 1 is 1.07 bits per heavy atom. The molecule has 7 nitrogen and oxygen atoms in total. The van der Waals surface area contributed by atoms with Crippen molar-refractivity contribution < 1.29 is 28.8 Å². The fraction of sp³-hybridized carbons (Fsp3) is 0.650. The molecule has 28 heavy (non-hydrogen) atoms. The first kappa shape index (κ1) is 24.8. The molecule has 0 saturated heterocycles. The number of benzene rings is 1. The first-order valence-corrected chi connectivity index (χ1v) is 11.6. The van der Waals surface area contributed by atoms with Gasteiger partial charge in [-0.1, -0.05) is 69.7 Å². The van der Waals surface area contributed by atoms with Gasteiger partial charge in [-0.3, -0.25) is 9.32 Å². The lowest BCUT2D eigenvalue weighted by Gasteiger charge is -2.17. The minimum atomic E-state index is -4.64. The van der Waals surface area contributed by atoms with Crippen LogP contribution in [0.15, 0.2) is 24.3 Å². The van der Waals surface area contributed by atoms with Crippen LogP contribution in [0, 0.1) is 0 Å². The smallest absolute Gasteiger partial charge is 0.394 e. The zero-order valence-electron chi connectivity index (χ0n) is 16.7. The number of nitrogens with one attached hydrogen (secondary N) is 1. The van der Waals surface area contributed by atoms with Gasteiger partial charge in [0.2, 0.25) is 5.91 Å². The summed E-state index contributed by atoms with van der Waals surface area (Å²) in [6.07, 6.45) is 9.68. The van der Waals surface area contributed by atoms with Crippen molar-refractivity contribution in [3.8, 4) is 0 Å². The van der Waals surface area contributed by atoms with Crippen LogP contribution in [0.2, 0.25) is 0 Å². The van der Waals surface area contributed by atoms with Crippen molar-refractivity contribution in [3.63, 3.8) is 0 Å². The number of unbranched alkanes of at least 4 members (excludes halogenated alkanes) is 6. The summed E-state index contributed by atoms with van der Waals surface area (Å²) in [5, 5.41) is 11.8. The molecule has 0 heterocycles. The van der Waals surface area contributed by atoms with E-state index in [-0.39, 0.29) is 12.3 Å². The number of aliphatic hydroxyl groups excluding tert-OH is 1. The molecule has 0 aromatic heterocycles. The first-order valence-electron chi connectivity index (χ1n) is 10.0. The third-order valence-electron chi connectivity index (χ3n) is 4.55. The summed E-state index contributed by atoms with van der Waals surface area (Å²) in [4.78, 5) is 29.7. The van der Waals surface area contributed by atoms with E-state index in [1.165, 1.54) is 38.5 Å². The zero-order chi connectivity index (χ0) is 20.8. The highest BCUT2D eigenvalue weighted by molar-refractivity contribution is 7.46. The lowest BCUT2D eigenvalue weighted by Crippen LogP contribution is -2.41. The number of carbonyl (C=O) groups is 1. The molecule has 0 fully saturated rings. The number of amides is 1. The number of hydrogen-bond donors (Lipinski definition) is 4. The normalized spacial score (nSPS) is 12.7. The van der Waals surface area contributed by atoms with Gasteiger partial charge in [0, 0.05) is 0 Å². The van der Waals surface area contributed by atoms with Crippen LogP contribution in [-0.4, -0.2) is 40.1 Å². The van der Waals surface area contributed by atoms with Crippen LogP contribution in [0.1, 0.15) is 63.0 Å². The lowest BCUT2D eigenvalue weighted by molar-refractivity contribution is -0.121. The number of rotatable bonds is 15. The van der Waals surface area contributed by atoms with Crippen LogP contribution in [0.3, 0.4) is 0 Å². The SMILES string of the molecule is CCCCCCCCCc1ccccc1CC(=O)N[C@H](CO)COP(=O)(O)O. The third kappa shape index (κ3) is 11.6. The van der Waals surface area contributed by atoms with Crippen LogP contribution in [0.4, 0.5) is 0 Å². The van der Waals surface area contributed by atoms with Gasteiger partial charge in [0.15, 0.2) is 0 Å². The van der Waals surface area contributed by atoms with Crippen molar-refractivity contribution in [1.29, 1.82) is 0 Å². The molecule has 1 atom stereocenters. The summed E-state index contributed by atoms with van der Waals surface area (Å²) in [6, 6.07) is 6.92. The quantitative estimate of drug-likeness (QED) is 0.258. The molecule has 0 radical (unpaired) electrons.